The highest BCUT2D eigenvalue weighted by Gasteiger charge is 2.19. The normalized spacial score (nSPS) is 18.9. The lowest BCUT2D eigenvalue weighted by atomic mass is 10.1. The molecule has 0 N–H and O–H groups in total. The molecule has 1 saturated heterocycles. The Morgan fingerprint density at radius 2 is 1.72 bits per heavy atom. The van der Waals surface area contributed by atoms with Crippen LogP contribution in [0.3, 0.4) is 0 Å². The number of anilines is 1. The summed E-state index contributed by atoms with van der Waals surface area (Å²) in [7, 11) is 0. The fourth-order valence-corrected chi connectivity index (χ4v) is 2.85. The molecule has 2 rings (SSSR count). The molecular weight excluding hydrogens is 288 g/mol. The fourth-order valence-electron chi connectivity index (χ4n) is 2.47. The molecule has 0 radical (unpaired) electrons. The van der Waals surface area contributed by atoms with Gasteiger partial charge in [0, 0.05) is 43.2 Å². The molecule has 1 aliphatic heterocycles. The monoisotopic (exact) mass is 310 g/mol. The van der Waals surface area contributed by atoms with Crippen LogP contribution in [0, 0.1) is 0 Å². The first kappa shape index (κ1) is 13.9. The van der Waals surface area contributed by atoms with Crippen molar-refractivity contribution in [3.05, 3.63) is 29.8 Å². The zero-order valence-corrected chi connectivity index (χ0v) is 13.0. The van der Waals surface area contributed by atoms with Gasteiger partial charge in [-0.05, 0) is 31.0 Å². The number of benzene rings is 1. The molecule has 1 aromatic carbocycles. The molecule has 1 unspecified atom stereocenters. The lowest BCUT2D eigenvalue weighted by Gasteiger charge is -2.39. The van der Waals surface area contributed by atoms with Crippen molar-refractivity contribution in [2.75, 3.05) is 31.1 Å². The van der Waals surface area contributed by atoms with Crippen LogP contribution in [-0.2, 0) is 5.33 Å². The largest absolute Gasteiger partial charge is 0.369 e. The van der Waals surface area contributed by atoms with Gasteiger partial charge in [0.15, 0.2) is 0 Å². The van der Waals surface area contributed by atoms with Gasteiger partial charge in [0.25, 0.3) is 0 Å². The Morgan fingerprint density at radius 3 is 2.22 bits per heavy atom. The Kier molecular flexibility index (Phi) is 5.07. The molecule has 0 spiro atoms. The Labute approximate surface area is 119 Å². The molecule has 0 amide bonds. The van der Waals surface area contributed by atoms with Crippen LogP contribution < -0.4 is 4.90 Å². The van der Waals surface area contributed by atoms with Gasteiger partial charge in [-0.15, -0.1) is 0 Å². The molecule has 1 atom stereocenters. The summed E-state index contributed by atoms with van der Waals surface area (Å²) < 4.78 is 0. The molecule has 0 aliphatic carbocycles. The summed E-state index contributed by atoms with van der Waals surface area (Å²) in [5.74, 6) is 0. The van der Waals surface area contributed by atoms with E-state index in [0.717, 1.165) is 24.5 Å². The number of rotatable bonds is 4. The highest BCUT2D eigenvalue weighted by Crippen LogP contribution is 2.19. The van der Waals surface area contributed by atoms with Gasteiger partial charge in [0.05, 0.1) is 0 Å². The number of nitrogens with zero attached hydrogens (tertiary/aromatic N) is 2. The van der Waals surface area contributed by atoms with E-state index in [1.165, 1.54) is 30.8 Å². The smallest absolute Gasteiger partial charge is 0.0367 e. The van der Waals surface area contributed by atoms with E-state index in [4.69, 9.17) is 0 Å². The second-order valence-electron chi connectivity index (χ2n) is 5.08. The van der Waals surface area contributed by atoms with Crippen molar-refractivity contribution in [3.8, 4) is 0 Å². The molecule has 1 fully saturated rings. The van der Waals surface area contributed by atoms with Crippen LogP contribution in [0.5, 0.6) is 0 Å². The van der Waals surface area contributed by atoms with Crippen molar-refractivity contribution >= 4 is 21.6 Å². The fraction of sp³-hybridized carbons (Fsp3) is 0.600. The molecular formula is C15H23BrN2. The van der Waals surface area contributed by atoms with Gasteiger partial charge < -0.3 is 4.90 Å². The maximum atomic E-state index is 3.49. The van der Waals surface area contributed by atoms with Gasteiger partial charge in [-0.2, -0.15) is 0 Å². The summed E-state index contributed by atoms with van der Waals surface area (Å²) in [6.45, 7) is 9.29. The summed E-state index contributed by atoms with van der Waals surface area (Å²) in [5, 5.41) is 0.940. The van der Waals surface area contributed by atoms with Gasteiger partial charge in [0.1, 0.15) is 0 Å². The summed E-state index contributed by atoms with van der Waals surface area (Å²) in [6, 6.07) is 9.64. The summed E-state index contributed by atoms with van der Waals surface area (Å²) in [4.78, 5) is 5.10. The first-order chi connectivity index (χ1) is 8.74. The molecule has 0 bridgehead atoms. The molecule has 1 aromatic rings. The van der Waals surface area contributed by atoms with Gasteiger partial charge >= 0.3 is 0 Å². The highest BCUT2D eigenvalue weighted by molar-refractivity contribution is 9.08. The SMILES string of the molecule is CCC(C)N1CCN(c2ccc(CBr)cc2)CC1. The topological polar surface area (TPSA) is 6.48 Å². The number of halogens is 1. The molecule has 0 saturated carbocycles. The van der Waals surface area contributed by atoms with E-state index in [2.05, 4.69) is 63.8 Å². The Bertz CT molecular complexity index is 355. The minimum atomic E-state index is 0.725. The number of hydrogen-bond acceptors (Lipinski definition) is 2. The lowest BCUT2D eigenvalue weighted by molar-refractivity contribution is 0.193. The third kappa shape index (κ3) is 3.27. The maximum Gasteiger partial charge on any atom is 0.0367 e. The molecule has 1 heterocycles. The molecule has 100 valence electrons. The van der Waals surface area contributed by atoms with E-state index in [1.54, 1.807) is 0 Å². The minimum absolute atomic E-state index is 0.725. The zero-order valence-electron chi connectivity index (χ0n) is 11.4. The van der Waals surface area contributed by atoms with E-state index in [-0.39, 0.29) is 0 Å². The minimum Gasteiger partial charge on any atom is -0.369 e. The Morgan fingerprint density at radius 1 is 1.11 bits per heavy atom. The number of piperazine rings is 1. The van der Waals surface area contributed by atoms with Gasteiger partial charge in [-0.1, -0.05) is 35.0 Å². The number of hydrogen-bond donors (Lipinski definition) is 0. The predicted molar refractivity (Wildman–Crippen MR) is 82.6 cm³/mol. The van der Waals surface area contributed by atoms with Crippen LogP contribution in [0.25, 0.3) is 0 Å². The van der Waals surface area contributed by atoms with Crippen LogP contribution in [0.1, 0.15) is 25.8 Å². The molecule has 18 heavy (non-hydrogen) atoms. The Balaban J connectivity index is 1.92. The van der Waals surface area contributed by atoms with E-state index in [0.29, 0.717) is 0 Å². The number of alkyl halides is 1. The molecule has 2 nitrogen and oxygen atoms in total. The third-order valence-electron chi connectivity index (χ3n) is 3.98. The quantitative estimate of drug-likeness (QED) is 0.785. The maximum absolute atomic E-state index is 3.49. The summed E-state index contributed by atoms with van der Waals surface area (Å²) >= 11 is 3.49. The van der Waals surface area contributed by atoms with Crippen molar-refractivity contribution in [3.63, 3.8) is 0 Å². The van der Waals surface area contributed by atoms with Crippen LogP contribution in [0.4, 0.5) is 5.69 Å². The van der Waals surface area contributed by atoms with E-state index >= 15 is 0 Å². The van der Waals surface area contributed by atoms with Crippen LogP contribution in [-0.4, -0.2) is 37.1 Å². The van der Waals surface area contributed by atoms with E-state index in [1.807, 2.05) is 0 Å². The first-order valence-electron chi connectivity index (χ1n) is 6.88. The molecule has 3 heteroatoms. The predicted octanol–water partition coefficient (Wildman–Crippen LogP) is 3.50. The summed E-state index contributed by atoms with van der Waals surface area (Å²) in [5.41, 5.74) is 2.71. The van der Waals surface area contributed by atoms with Crippen LogP contribution >= 0.6 is 15.9 Å². The van der Waals surface area contributed by atoms with Crippen molar-refractivity contribution in [2.24, 2.45) is 0 Å². The second kappa shape index (κ2) is 6.58. The van der Waals surface area contributed by atoms with Gasteiger partial charge in [-0.25, -0.2) is 0 Å². The third-order valence-corrected chi connectivity index (χ3v) is 4.63. The van der Waals surface area contributed by atoms with Gasteiger partial charge in [0.2, 0.25) is 0 Å². The van der Waals surface area contributed by atoms with Crippen molar-refractivity contribution < 1.29 is 0 Å². The van der Waals surface area contributed by atoms with Gasteiger partial charge in [-0.3, -0.25) is 4.90 Å². The van der Waals surface area contributed by atoms with E-state index in [9.17, 15) is 0 Å². The zero-order chi connectivity index (χ0) is 13.0. The van der Waals surface area contributed by atoms with Crippen molar-refractivity contribution in [1.29, 1.82) is 0 Å². The van der Waals surface area contributed by atoms with E-state index < -0.39 is 0 Å². The highest BCUT2D eigenvalue weighted by atomic mass is 79.9. The molecule has 1 aliphatic rings. The Hall–Kier alpha value is -0.540. The average molecular weight is 311 g/mol. The standard InChI is InChI=1S/C15H23BrN2/c1-3-13(2)17-8-10-18(11-9-17)15-6-4-14(12-16)5-7-15/h4-7,13H,3,8-12H2,1-2H3. The van der Waals surface area contributed by atoms with Crippen molar-refractivity contribution in [1.82, 2.24) is 4.90 Å². The van der Waals surface area contributed by atoms with Crippen molar-refractivity contribution in [2.45, 2.75) is 31.6 Å². The average Bonchev–Trinajstić information content (AvgIpc) is 2.47. The lowest BCUT2D eigenvalue weighted by Crippen LogP contribution is -2.49. The molecule has 0 aromatic heterocycles. The van der Waals surface area contributed by atoms with Crippen LogP contribution in [0.15, 0.2) is 24.3 Å². The first-order valence-corrected chi connectivity index (χ1v) is 8.00. The second-order valence-corrected chi connectivity index (χ2v) is 5.64. The van der Waals surface area contributed by atoms with Crippen LogP contribution in [0.2, 0.25) is 0 Å². The summed E-state index contributed by atoms with van der Waals surface area (Å²) in [6.07, 6.45) is 1.25.